The van der Waals surface area contributed by atoms with E-state index in [9.17, 15) is 4.79 Å². The van der Waals surface area contributed by atoms with Crippen LogP contribution in [0, 0.1) is 0 Å². The van der Waals surface area contributed by atoms with Gasteiger partial charge >= 0.3 is 5.97 Å². The van der Waals surface area contributed by atoms with Gasteiger partial charge in [-0.25, -0.2) is 9.78 Å². The minimum atomic E-state index is -0.349. The van der Waals surface area contributed by atoms with Gasteiger partial charge in [-0.2, -0.15) is 0 Å². The number of hydrogen-bond acceptors (Lipinski definition) is 5. The van der Waals surface area contributed by atoms with Crippen LogP contribution in [0.5, 0.6) is 0 Å². The van der Waals surface area contributed by atoms with Crippen LogP contribution in [0.1, 0.15) is 54.5 Å². The normalized spacial score (nSPS) is 16.7. The predicted molar refractivity (Wildman–Crippen MR) is 69.7 cm³/mol. The van der Waals surface area contributed by atoms with Crippen molar-refractivity contribution in [3.05, 3.63) is 16.1 Å². The fraction of sp³-hybridized carbons (Fsp3) is 0.692. The van der Waals surface area contributed by atoms with E-state index in [1.165, 1.54) is 30.6 Å². The molecule has 0 aromatic carbocycles. The molecule has 0 amide bonds. The van der Waals surface area contributed by atoms with Crippen molar-refractivity contribution in [3.8, 4) is 0 Å². The Morgan fingerprint density at radius 3 is 2.94 bits per heavy atom. The minimum Gasteiger partial charge on any atom is -0.461 e. The van der Waals surface area contributed by atoms with Crippen molar-refractivity contribution in [1.29, 1.82) is 0 Å². The third-order valence-corrected chi connectivity index (χ3v) is 3.85. The molecule has 0 bridgehead atoms. The molecule has 0 saturated heterocycles. The molecular weight excluding hydrogens is 250 g/mol. The zero-order valence-electron chi connectivity index (χ0n) is 10.7. The molecule has 0 atom stereocenters. The van der Waals surface area contributed by atoms with Crippen molar-refractivity contribution in [1.82, 2.24) is 4.98 Å². The summed E-state index contributed by atoms with van der Waals surface area (Å²) >= 11 is 1.46. The highest BCUT2D eigenvalue weighted by Gasteiger charge is 2.16. The molecule has 0 radical (unpaired) electrons. The van der Waals surface area contributed by atoms with Crippen LogP contribution in [0.3, 0.4) is 0 Å². The van der Waals surface area contributed by atoms with Crippen LogP contribution in [0.15, 0.2) is 5.38 Å². The first kappa shape index (κ1) is 13.5. The fourth-order valence-corrected chi connectivity index (χ4v) is 2.78. The van der Waals surface area contributed by atoms with Gasteiger partial charge in [-0.3, -0.25) is 0 Å². The molecule has 18 heavy (non-hydrogen) atoms. The molecule has 1 heterocycles. The molecule has 0 aliphatic heterocycles. The Morgan fingerprint density at radius 2 is 2.22 bits per heavy atom. The van der Waals surface area contributed by atoms with E-state index in [1.54, 1.807) is 12.3 Å². The van der Waals surface area contributed by atoms with Gasteiger partial charge in [-0.05, 0) is 19.8 Å². The number of nitrogens with zero attached hydrogens (tertiary/aromatic N) is 1. The van der Waals surface area contributed by atoms with Crippen molar-refractivity contribution in [3.63, 3.8) is 0 Å². The molecule has 1 aromatic heterocycles. The number of thiazole rings is 1. The third kappa shape index (κ3) is 3.78. The Bertz CT molecular complexity index is 385. The number of hydrogen-bond donors (Lipinski definition) is 0. The number of rotatable bonds is 5. The van der Waals surface area contributed by atoms with Crippen molar-refractivity contribution in [2.24, 2.45) is 0 Å². The lowest BCUT2D eigenvalue weighted by atomic mass is 9.98. The van der Waals surface area contributed by atoms with E-state index in [2.05, 4.69) is 4.98 Å². The molecule has 100 valence electrons. The number of ether oxygens (including phenoxy) is 2. The van der Waals surface area contributed by atoms with E-state index in [0.717, 1.165) is 17.8 Å². The van der Waals surface area contributed by atoms with Crippen molar-refractivity contribution < 1.29 is 14.3 Å². The number of aromatic nitrogens is 1. The van der Waals surface area contributed by atoms with Crippen molar-refractivity contribution >= 4 is 17.3 Å². The molecule has 5 heteroatoms. The molecule has 1 aliphatic carbocycles. The first-order chi connectivity index (χ1) is 8.79. The maximum atomic E-state index is 11.4. The first-order valence-electron chi connectivity index (χ1n) is 6.52. The van der Waals surface area contributed by atoms with Crippen LogP contribution in [-0.2, 0) is 16.1 Å². The van der Waals surface area contributed by atoms with Crippen LogP contribution in [-0.4, -0.2) is 23.7 Å². The second-order valence-corrected chi connectivity index (χ2v) is 5.36. The lowest BCUT2D eigenvalue weighted by molar-refractivity contribution is 0.0167. The summed E-state index contributed by atoms with van der Waals surface area (Å²) in [4.78, 5) is 15.7. The average Bonchev–Trinajstić information content (AvgIpc) is 2.87. The van der Waals surface area contributed by atoms with Gasteiger partial charge in [-0.15, -0.1) is 11.3 Å². The summed E-state index contributed by atoms with van der Waals surface area (Å²) in [5.74, 6) is -0.349. The molecule has 4 nitrogen and oxygen atoms in total. The maximum absolute atomic E-state index is 11.4. The van der Waals surface area contributed by atoms with Crippen LogP contribution in [0.4, 0.5) is 0 Å². The quantitative estimate of drug-likeness (QED) is 0.770. The van der Waals surface area contributed by atoms with Gasteiger partial charge in [0.05, 0.1) is 19.3 Å². The van der Waals surface area contributed by atoms with Gasteiger partial charge in [0.15, 0.2) is 5.69 Å². The molecule has 2 rings (SSSR count). The van der Waals surface area contributed by atoms with Crippen LogP contribution in [0.2, 0.25) is 0 Å². The molecule has 0 unspecified atom stereocenters. The standard InChI is InChI=1S/C13H19NO3S/c1-2-16-13(15)11-9-18-12(14-11)8-17-10-6-4-3-5-7-10/h9-10H,2-8H2,1H3. The fourth-order valence-electron chi connectivity index (χ4n) is 2.10. The summed E-state index contributed by atoms with van der Waals surface area (Å²) in [6.45, 7) is 2.68. The predicted octanol–water partition coefficient (Wildman–Crippen LogP) is 3.17. The van der Waals surface area contributed by atoms with E-state index in [-0.39, 0.29) is 5.97 Å². The van der Waals surface area contributed by atoms with Gasteiger partial charge in [-0.1, -0.05) is 19.3 Å². The van der Waals surface area contributed by atoms with E-state index < -0.39 is 0 Å². The SMILES string of the molecule is CCOC(=O)c1csc(COC2CCCCC2)n1. The second-order valence-electron chi connectivity index (χ2n) is 4.42. The monoisotopic (exact) mass is 269 g/mol. The lowest BCUT2D eigenvalue weighted by Gasteiger charge is -2.21. The highest BCUT2D eigenvalue weighted by molar-refractivity contribution is 7.09. The number of carbonyl (C=O) groups excluding carboxylic acids is 1. The molecule has 1 aliphatic rings. The van der Waals surface area contributed by atoms with Crippen molar-refractivity contribution in [2.45, 2.75) is 51.7 Å². The maximum Gasteiger partial charge on any atom is 0.357 e. The zero-order valence-corrected chi connectivity index (χ0v) is 11.5. The summed E-state index contributed by atoms with van der Waals surface area (Å²) in [5.41, 5.74) is 0.393. The minimum absolute atomic E-state index is 0.349. The highest BCUT2D eigenvalue weighted by atomic mass is 32.1. The highest BCUT2D eigenvalue weighted by Crippen LogP contribution is 2.22. The summed E-state index contributed by atoms with van der Waals surface area (Å²) in [6, 6.07) is 0. The molecule has 0 spiro atoms. The first-order valence-corrected chi connectivity index (χ1v) is 7.40. The second kappa shape index (κ2) is 6.85. The van der Waals surface area contributed by atoms with E-state index in [1.807, 2.05) is 0 Å². The molecular formula is C13H19NO3S. The largest absolute Gasteiger partial charge is 0.461 e. The topological polar surface area (TPSA) is 48.4 Å². The summed E-state index contributed by atoms with van der Waals surface area (Å²) in [5, 5.41) is 2.58. The molecule has 1 saturated carbocycles. The Kier molecular flexibility index (Phi) is 5.13. The van der Waals surface area contributed by atoms with E-state index >= 15 is 0 Å². The summed E-state index contributed by atoms with van der Waals surface area (Å²) < 4.78 is 10.7. The van der Waals surface area contributed by atoms with Crippen LogP contribution in [0.25, 0.3) is 0 Å². The van der Waals surface area contributed by atoms with Crippen LogP contribution < -0.4 is 0 Å². The van der Waals surface area contributed by atoms with Gasteiger partial charge in [0.2, 0.25) is 0 Å². The van der Waals surface area contributed by atoms with Gasteiger partial charge < -0.3 is 9.47 Å². The third-order valence-electron chi connectivity index (χ3n) is 3.03. The van der Waals surface area contributed by atoms with Gasteiger partial charge in [0.25, 0.3) is 0 Å². The number of carbonyl (C=O) groups is 1. The smallest absolute Gasteiger partial charge is 0.357 e. The Labute approximate surface area is 111 Å². The Morgan fingerprint density at radius 1 is 1.44 bits per heavy atom. The summed E-state index contributed by atoms with van der Waals surface area (Å²) in [6.07, 6.45) is 6.51. The van der Waals surface area contributed by atoms with E-state index in [0.29, 0.717) is 25.0 Å². The zero-order chi connectivity index (χ0) is 12.8. The lowest BCUT2D eigenvalue weighted by Crippen LogP contribution is -2.16. The van der Waals surface area contributed by atoms with Crippen LogP contribution >= 0.6 is 11.3 Å². The summed E-state index contributed by atoms with van der Waals surface area (Å²) in [7, 11) is 0. The Balaban J connectivity index is 1.80. The van der Waals surface area contributed by atoms with Gasteiger partial charge in [0, 0.05) is 5.38 Å². The Hall–Kier alpha value is -0.940. The molecule has 1 aromatic rings. The van der Waals surface area contributed by atoms with E-state index in [4.69, 9.17) is 9.47 Å². The number of esters is 1. The van der Waals surface area contributed by atoms with Gasteiger partial charge in [0.1, 0.15) is 5.01 Å². The average molecular weight is 269 g/mol. The molecule has 1 fully saturated rings. The molecule has 0 N–H and O–H groups in total. The van der Waals surface area contributed by atoms with Crippen molar-refractivity contribution in [2.75, 3.05) is 6.61 Å².